The number of pyridine rings is 1. The molecule has 4 N–H and O–H groups in total. The summed E-state index contributed by atoms with van der Waals surface area (Å²) in [5.41, 5.74) is 9.26. The molecule has 2 aromatic carbocycles. The van der Waals surface area contributed by atoms with Gasteiger partial charge >= 0.3 is 0 Å². The number of nitriles is 1. The van der Waals surface area contributed by atoms with Crippen LogP contribution in [0, 0.1) is 16.7 Å². The molecule has 7 nitrogen and oxygen atoms in total. The molecule has 2 atom stereocenters. The number of alkyl halides is 1. The Kier molecular flexibility index (Phi) is 7.98. The summed E-state index contributed by atoms with van der Waals surface area (Å²) < 4.78 is 13.4. The molecule has 3 aromatic rings. The van der Waals surface area contributed by atoms with Gasteiger partial charge in [-0.3, -0.25) is 9.99 Å². The molecule has 0 bridgehead atoms. The maximum Gasteiger partial charge on any atom is 0.148 e. The van der Waals surface area contributed by atoms with E-state index in [4.69, 9.17) is 23.2 Å². The Balaban J connectivity index is 1.85. The van der Waals surface area contributed by atoms with Gasteiger partial charge in [0.05, 0.1) is 39.0 Å². The zero-order valence-corrected chi connectivity index (χ0v) is 23.6. The molecule has 38 heavy (non-hydrogen) atoms. The van der Waals surface area contributed by atoms with E-state index in [9.17, 15) is 9.65 Å². The van der Waals surface area contributed by atoms with Crippen LogP contribution in [0.1, 0.15) is 38.8 Å². The van der Waals surface area contributed by atoms with E-state index in [1.807, 2.05) is 44.4 Å². The molecule has 0 fully saturated rings. The molecule has 4 rings (SSSR count). The lowest BCUT2D eigenvalue weighted by atomic mass is 9.69. The molecule has 1 aliphatic rings. The zero-order chi connectivity index (χ0) is 27.7. The number of halogens is 3. The highest BCUT2D eigenvalue weighted by Crippen LogP contribution is 2.39. The molecule has 0 aliphatic carbocycles. The summed E-state index contributed by atoms with van der Waals surface area (Å²) >= 11 is 13.4. The van der Waals surface area contributed by atoms with E-state index in [0.29, 0.717) is 39.0 Å². The van der Waals surface area contributed by atoms with Crippen molar-refractivity contribution in [1.29, 1.82) is 5.26 Å². The van der Waals surface area contributed by atoms with Gasteiger partial charge in [-0.1, -0.05) is 62.2 Å². The Morgan fingerprint density at radius 2 is 1.95 bits per heavy atom. The molecule has 0 radical (unpaired) electrons. The molecular weight excluding hydrogens is 523 g/mol. The highest BCUT2D eigenvalue weighted by atomic mass is 35.5. The van der Waals surface area contributed by atoms with Crippen molar-refractivity contribution in [3.63, 3.8) is 0 Å². The maximum absolute atomic E-state index is 13.4. The van der Waals surface area contributed by atoms with Crippen LogP contribution >= 0.6 is 23.2 Å². The number of benzene rings is 2. The lowest BCUT2D eigenvalue weighted by molar-refractivity contribution is 0.178. The summed E-state index contributed by atoms with van der Waals surface area (Å²) in [6.45, 7) is 8.27. The number of aromatic nitrogens is 1. The van der Waals surface area contributed by atoms with E-state index >= 15 is 0 Å². The average Bonchev–Trinajstić information content (AvgIpc) is 3.37. The summed E-state index contributed by atoms with van der Waals surface area (Å²) in [7, 11) is 1.99. The fraction of sp³-hybridized carbons (Fsp3) is 0.333. The van der Waals surface area contributed by atoms with Crippen LogP contribution in [0.15, 0.2) is 54.5 Å². The minimum absolute atomic E-state index is 0.0131. The van der Waals surface area contributed by atoms with Crippen molar-refractivity contribution in [3.05, 3.63) is 75.7 Å². The van der Waals surface area contributed by atoms with E-state index in [0.717, 1.165) is 16.6 Å². The number of nitrogens with zero attached hydrogens (tertiary/aromatic N) is 3. The molecule has 0 saturated carbocycles. The normalized spacial score (nSPS) is 15.8. The first-order valence-corrected chi connectivity index (χ1v) is 13.1. The van der Waals surface area contributed by atoms with E-state index < -0.39 is 12.1 Å². The van der Waals surface area contributed by atoms with Crippen LogP contribution in [0.25, 0.3) is 10.9 Å². The topological polar surface area (TPSA) is 88.0 Å². The highest BCUT2D eigenvalue weighted by Gasteiger charge is 2.37. The Morgan fingerprint density at radius 3 is 2.61 bits per heavy atom. The van der Waals surface area contributed by atoms with Gasteiger partial charge in [-0.25, -0.2) is 4.39 Å². The fourth-order valence-corrected chi connectivity index (χ4v) is 4.88. The standard InChI is InChI=1S/C27H31BCl2FN7/c1-16(11-31)38-14-23(36-37-38)27(28,20-7-5-6-8-21(20)29)35-18-9-19-24(34-15-26(2,3)4)17(12-32)13-33-25(19)22(30)10-18/h5-10,13-14,16,35-37H,11,15,28H2,1-4H3,(H,33,34)/t16-,27?/m0/s1. The third kappa shape index (κ3) is 5.63. The van der Waals surface area contributed by atoms with Gasteiger partial charge in [-0.05, 0) is 36.1 Å². The first kappa shape index (κ1) is 27.8. The number of nitrogens with one attached hydrogen (secondary N) is 4. The molecule has 11 heteroatoms. The van der Waals surface area contributed by atoms with Crippen molar-refractivity contribution in [2.75, 3.05) is 23.9 Å². The summed E-state index contributed by atoms with van der Waals surface area (Å²) in [5.74, 6) is 0. The number of rotatable bonds is 8. The fourth-order valence-electron chi connectivity index (χ4n) is 4.29. The smallest absolute Gasteiger partial charge is 0.148 e. The summed E-state index contributed by atoms with van der Waals surface area (Å²) in [6.07, 6.45) is 3.37. The summed E-state index contributed by atoms with van der Waals surface area (Å²) in [5, 5.41) is 20.2. The van der Waals surface area contributed by atoms with E-state index in [2.05, 4.69) is 53.4 Å². The first-order chi connectivity index (χ1) is 18.0. The SMILES string of the molecule is BC(Nc1cc(Cl)c2ncc(C#N)c(NCC(C)(C)C)c2c1)(C1=CN([C@@H](C)CF)NN1)c1ccccc1Cl. The maximum atomic E-state index is 13.4. The number of hydrogen-bond donors (Lipinski definition) is 4. The zero-order valence-electron chi connectivity index (χ0n) is 22.1. The van der Waals surface area contributed by atoms with Gasteiger partial charge in [0.15, 0.2) is 0 Å². The van der Waals surface area contributed by atoms with Crippen molar-refractivity contribution in [3.8, 4) is 6.07 Å². The first-order valence-electron chi connectivity index (χ1n) is 12.3. The van der Waals surface area contributed by atoms with Crippen LogP contribution in [-0.2, 0) is 5.44 Å². The predicted octanol–water partition coefficient (Wildman–Crippen LogP) is 5.29. The third-order valence-corrected chi connectivity index (χ3v) is 7.09. The second-order valence-corrected chi connectivity index (χ2v) is 11.7. The summed E-state index contributed by atoms with van der Waals surface area (Å²) in [4.78, 5) is 4.46. The van der Waals surface area contributed by atoms with Crippen molar-refractivity contribution in [2.24, 2.45) is 5.41 Å². The van der Waals surface area contributed by atoms with Crippen LogP contribution in [0.5, 0.6) is 0 Å². The van der Waals surface area contributed by atoms with Crippen LogP contribution in [0.2, 0.25) is 10.0 Å². The lowest BCUT2D eigenvalue weighted by Gasteiger charge is -2.34. The number of hydrazine groups is 2. The Hall–Kier alpha value is -3.19. The number of fused-ring (bicyclic) bond motifs is 1. The van der Waals surface area contributed by atoms with Gasteiger partial charge in [-0.15, -0.1) is 5.53 Å². The van der Waals surface area contributed by atoms with Gasteiger partial charge in [0.25, 0.3) is 0 Å². The molecule has 0 saturated heterocycles. The molecule has 2 heterocycles. The second-order valence-electron chi connectivity index (χ2n) is 10.8. The van der Waals surface area contributed by atoms with Crippen LogP contribution in [0.3, 0.4) is 0 Å². The molecule has 0 amide bonds. The van der Waals surface area contributed by atoms with Gasteiger partial charge in [0.1, 0.15) is 20.6 Å². The molecule has 198 valence electrons. The Morgan fingerprint density at radius 1 is 1.21 bits per heavy atom. The number of hydrogen-bond acceptors (Lipinski definition) is 7. The van der Waals surface area contributed by atoms with Crippen LogP contribution in [-0.4, -0.2) is 37.1 Å². The quantitative estimate of drug-likeness (QED) is 0.282. The van der Waals surface area contributed by atoms with Crippen LogP contribution in [0.4, 0.5) is 15.8 Å². The summed E-state index contributed by atoms with van der Waals surface area (Å²) in [6, 6.07) is 13.1. The largest absolute Gasteiger partial charge is 0.383 e. The van der Waals surface area contributed by atoms with Gasteiger partial charge < -0.3 is 16.1 Å². The van der Waals surface area contributed by atoms with Crippen molar-refractivity contribution in [1.82, 2.24) is 21.0 Å². The minimum atomic E-state index is -0.869. The molecule has 1 aromatic heterocycles. The van der Waals surface area contributed by atoms with Gasteiger partial charge in [-0.2, -0.15) is 5.26 Å². The molecule has 1 aliphatic heterocycles. The van der Waals surface area contributed by atoms with Crippen molar-refractivity contribution >= 4 is 53.3 Å². The highest BCUT2D eigenvalue weighted by molar-refractivity contribution is 6.36. The van der Waals surface area contributed by atoms with Crippen LogP contribution < -0.4 is 21.6 Å². The van der Waals surface area contributed by atoms with Gasteiger partial charge in [0.2, 0.25) is 0 Å². The Bertz CT molecular complexity index is 1420. The Labute approximate surface area is 233 Å². The molecular formula is C27H31BCl2FN7. The van der Waals surface area contributed by atoms with E-state index in [1.54, 1.807) is 24.2 Å². The van der Waals surface area contributed by atoms with Gasteiger partial charge in [0, 0.05) is 35.0 Å². The predicted molar refractivity (Wildman–Crippen MR) is 156 cm³/mol. The second kappa shape index (κ2) is 10.9. The minimum Gasteiger partial charge on any atom is -0.383 e. The molecule has 0 spiro atoms. The van der Waals surface area contributed by atoms with Crippen molar-refractivity contribution in [2.45, 2.75) is 39.2 Å². The van der Waals surface area contributed by atoms with E-state index in [1.165, 1.54) is 0 Å². The number of anilines is 2. The average molecular weight is 554 g/mol. The van der Waals surface area contributed by atoms with E-state index in [-0.39, 0.29) is 11.5 Å². The monoisotopic (exact) mass is 553 g/mol. The van der Waals surface area contributed by atoms with Crippen molar-refractivity contribution < 1.29 is 4.39 Å². The third-order valence-electron chi connectivity index (χ3n) is 6.47. The lowest BCUT2D eigenvalue weighted by Crippen LogP contribution is -2.47. The molecule has 1 unspecified atom stereocenters.